The summed E-state index contributed by atoms with van der Waals surface area (Å²) in [7, 11) is 1.27. The number of aromatic nitrogens is 3. The van der Waals surface area contributed by atoms with Gasteiger partial charge in [0.25, 0.3) is 5.91 Å². The molecule has 2 N–H and O–H groups in total. The number of nitrogens with zero attached hydrogens (tertiary/aromatic N) is 4. The fourth-order valence-corrected chi connectivity index (χ4v) is 4.92. The van der Waals surface area contributed by atoms with Gasteiger partial charge in [0.2, 0.25) is 11.8 Å². The molecule has 0 saturated heterocycles. The van der Waals surface area contributed by atoms with Crippen LogP contribution in [0.3, 0.4) is 0 Å². The van der Waals surface area contributed by atoms with E-state index in [-0.39, 0.29) is 56.0 Å². The third-order valence-corrected chi connectivity index (χ3v) is 7.03. The van der Waals surface area contributed by atoms with E-state index in [0.29, 0.717) is 18.1 Å². The van der Waals surface area contributed by atoms with Crippen molar-refractivity contribution in [2.75, 3.05) is 20.2 Å². The summed E-state index contributed by atoms with van der Waals surface area (Å²) >= 11 is 0. The van der Waals surface area contributed by atoms with E-state index in [9.17, 15) is 23.2 Å². The summed E-state index contributed by atoms with van der Waals surface area (Å²) in [6.07, 6.45) is 0.676. The smallest absolute Gasteiger partial charge is 0.260 e. The number of benzene rings is 2. The van der Waals surface area contributed by atoms with E-state index in [1.807, 2.05) is 44.2 Å². The first-order chi connectivity index (χ1) is 20.1. The largest absolute Gasteiger partial charge is 0.496 e. The molecule has 0 bridgehead atoms. The molecule has 0 spiro atoms. The van der Waals surface area contributed by atoms with Gasteiger partial charge in [0, 0.05) is 25.1 Å². The Morgan fingerprint density at radius 1 is 1.07 bits per heavy atom. The molecule has 2 heterocycles. The molecule has 0 saturated carbocycles. The van der Waals surface area contributed by atoms with Gasteiger partial charge in [-0.15, -0.1) is 0 Å². The fourth-order valence-electron chi connectivity index (χ4n) is 4.92. The van der Waals surface area contributed by atoms with Gasteiger partial charge in [0.15, 0.2) is 17.5 Å². The summed E-state index contributed by atoms with van der Waals surface area (Å²) in [5, 5.41) is 10.4. The number of amides is 3. The second kappa shape index (κ2) is 13.5. The molecule has 1 aromatic heterocycles. The lowest BCUT2D eigenvalue weighted by molar-refractivity contribution is -0.129. The van der Waals surface area contributed by atoms with Crippen molar-refractivity contribution in [3.8, 4) is 17.1 Å². The van der Waals surface area contributed by atoms with Gasteiger partial charge in [0.05, 0.1) is 19.7 Å². The number of halogens is 2. The number of carbonyl (C=O) groups excluding carboxylic acids is 3. The predicted molar refractivity (Wildman–Crippen MR) is 151 cm³/mol. The minimum atomic E-state index is -1.31. The average molecular weight is 583 g/mol. The first kappa shape index (κ1) is 30.6. The number of hydrogen-bond acceptors (Lipinski definition) is 6. The van der Waals surface area contributed by atoms with E-state index in [1.165, 1.54) is 18.1 Å². The molecule has 3 amide bonds. The van der Waals surface area contributed by atoms with Gasteiger partial charge in [-0.25, -0.2) is 18.4 Å². The van der Waals surface area contributed by atoms with Crippen molar-refractivity contribution in [3.05, 3.63) is 65.5 Å². The predicted octanol–water partition coefficient (Wildman–Crippen LogP) is 3.88. The van der Waals surface area contributed by atoms with Crippen molar-refractivity contribution in [1.82, 2.24) is 30.3 Å². The molecule has 0 fully saturated rings. The molecule has 0 unspecified atom stereocenters. The van der Waals surface area contributed by atoms with Gasteiger partial charge < -0.3 is 20.3 Å². The number of ether oxygens (including phenoxy) is 1. The van der Waals surface area contributed by atoms with E-state index in [1.54, 1.807) is 11.6 Å². The van der Waals surface area contributed by atoms with Crippen molar-refractivity contribution in [2.24, 2.45) is 5.92 Å². The highest BCUT2D eigenvalue weighted by Gasteiger charge is 2.29. The van der Waals surface area contributed by atoms with E-state index in [4.69, 9.17) is 9.72 Å². The quantitative estimate of drug-likeness (QED) is 0.472. The van der Waals surface area contributed by atoms with Crippen LogP contribution in [0.25, 0.3) is 11.4 Å². The standard InChI is InChI=1S/C30H36F2N6O4/c1-18(2)17-22-29(40)33-19(3)28-35-27(20-9-6-5-7-10-20)36-38(28)16-15-37(14-8-11-24(39)34-22)30(41)25-23(42-4)13-12-21(31)26(25)32/h5-7,9-10,12-13,18-19,22H,8,11,14-17H2,1-4H3,(H,33,40)(H,34,39)/t19-,22-/m1/s1. The number of nitrogens with one attached hydrogen (secondary N) is 2. The molecule has 1 aliphatic heterocycles. The molecule has 4 rings (SSSR count). The Labute approximate surface area is 243 Å². The van der Waals surface area contributed by atoms with Crippen LogP contribution in [-0.2, 0) is 16.1 Å². The number of rotatable bonds is 5. The molecular weight excluding hydrogens is 546 g/mol. The highest BCUT2D eigenvalue weighted by Crippen LogP contribution is 2.26. The lowest BCUT2D eigenvalue weighted by Crippen LogP contribution is -2.48. The van der Waals surface area contributed by atoms with Crippen LogP contribution in [0.1, 0.15) is 62.3 Å². The molecule has 0 radical (unpaired) electrons. The van der Waals surface area contributed by atoms with E-state index < -0.39 is 35.2 Å². The molecular formula is C30H36F2N6O4. The van der Waals surface area contributed by atoms with Crippen molar-refractivity contribution in [1.29, 1.82) is 0 Å². The normalized spacial score (nSPS) is 18.6. The Hall–Kier alpha value is -4.35. The summed E-state index contributed by atoms with van der Waals surface area (Å²) in [5.41, 5.74) is 0.239. The van der Waals surface area contributed by atoms with Crippen LogP contribution >= 0.6 is 0 Å². The number of carbonyl (C=O) groups is 3. The van der Waals surface area contributed by atoms with Gasteiger partial charge in [-0.3, -0.25) is 14.4 Å². The van der Waals surface area contributed by atoms with Crippen molar-refractivity contribution >= 4 is 17.7 Å². The Morgan fingerprint density at radius 3 is 2.50 bits per heavy atom. The molecule has 2 atom stereocenters. The highest BCUT2D eigenvalue weighted by atomic mass is 19.2. The minimum Gasteiger partial charge on any atom is -0.496 e. The Kier molecular flexibility index (Phi) is 9.87. The Bertz CT molecular complexity index is 1430. The maximum atomic E-state index is 14.9. The fraction of sp³-hybridized carbons (Fsp3) is 0.433. The van der Waals surface area contributed by atoms with Crippen LogP contribution in [0.5, 0.6) is 5.75 Å². The molecule has 12 heteroatoms. The van der Waals surface area contributed by atoms with Crippen LogP contribution in [0.2, 0.25) is 0 Å². The van der Waals surface area contributed by atoms with Crippen LogP contribution in [0.15, 0.2) is 42.5 Å². The van der Waals surface area contributed by atoms with Gasteiger partial charge in [-0.2, -0.15) is 5.10 Å². The Morgan fingerprint density at radius 2 is 1.81 bits per heavy atom. The van der Waals surface area contributed by atoms with Gasteiger partial charge >= 0.3 is 0 Å². The summed E-state index contributed by atoms with van der Waals surface area (Å²) in [5.74, 6) is -3.04. The lowest BCUT2D eigenvalue weighted by Gasteiger charge is -2.26. The number of fused-ring (bicyclic) bond motifs is 1. The molecule has 224 valence electrons. The highest BCUT2D eigenvalue weighted by molar-refractivity contribution is 5.97. The molecule has 10 nitrogen and oxygen atoms in total. The van der Waals surface area contributed by atoms with Crippen LogP contribution in [0.4, 0.5) is 8.78 Å². The summed E-state index contributed by atoms with van der Waals surface area (Å²) < 4.78 is 35.8. The van der Waals surface area contributed by atoms with Crippen molar-refractivity contribution in [3.63, 3.8) is 0 Å². The summed E-state index contributed by atoms with van der Waals surface area (Å²) in [4.78, 5) is 45.8. The van der Waals surface area contributed by atoms with Crippen molar-refractivity contribution < 1.29 is 27.9 Å². The first-order valence-corrected chi connectivity index (χ1v) is 14.0. The van der Waals surface area contributed by atoms with E-state index in [0.717, 1.165) is 11.6 Å². The number of methoxy groups -OCH3 is 1. The zero-order chi connectivity index (χ0) is 30.4. The second-order valence-electron chi connectivity index (χ2n) is 10.7. The van der Waals surface area contributed by atoms with E-state index in [2.05, 4.69) is 15.7 Å². The zero-order valence-corrected chi connectivity index (χ0v) is 24.2. The lowest BCUT2D eigenvalue weighted by atomic mass is 10.0. The van der Waals surface area contributed by atoms with E-state index >= 15 is 0 Å². The van der Waals surface area contributed by atoms with Gasteiger partial charge in [-0.1, -0.05) is 44.2 Å². The molecule has 3 aromatic rings. The van der Waals surface area contributed by atoms with Crippen LogP contribution in [-0.4, -0.2) is 63.6 Å². The number of hydrogen-bond donors (Lipinski definition) is 2. The third kappa shape index (κ3) is 7.10. The zero-order valence-electron chi connectivity index (χ0n) is 24.2. The monoisotopic (exact) mass is 582 g/mol. The second-order valence-corrected chi connectivity index (χ2v) is 10.7. The molecule has 1 aliphatic rings. The topological polar surface area (TPSA) is 118 Å². The minimum absolute atomic E-state index is 0.0245. The maximum absolute atomic E-state index is 14.9. The summed E-state index contributed by atoms with van der Waals surface area (Å²) in [6.45, 7) is 5.93. The van der Waals surface area contributed by atoms with Gasteiger partial charge in [0.1, 0.15) is 23.2 Å². The summed E-state index contributed by atoms with van der Waals surface area (Å²) in [6, 6.07) is 10.0. The molecule has 2 aromatic carbocycles. The molecule has 42 heavy (non-hydrogen) atoms. The average Bonchev–Trinajstić information content (AvgIpc) is 3.39. The van der Waals surface area contributed by atoms with Crippen LogP contribution < -0.4 is 15.4 Å². The van der Waals surface area contributed by atoms with Crippen LogP contribution in [0, 0.1) is 17.6 Å². The van der Waals surface area contributed by atoms with Gasteiger partial charge in [-0.05, 0) is 37.8 Å². The SMILES string of the molecule is COc1ccc(F)c(F)c1C(=O)N1CCCC(=O)N[C@H](CC(C)C)C(=O)N[C@H](C)c2nc(-c3ccccc3)nn2CC1. The Balaban J connectivity index is 1.73. The third-order valence-electron chi connectivity index (χ3n) is 7.03. The first-order valence-electron chi connectivity index (χ1n) is 14.0. The maximum Gasteiger partial charge on any atom is 0.260 e. The van der Waals surface area contributed by atoms with Crippen molar-refractivity contribution in [2.45, 2.75) is 58.7 Å². The molecule has 0 aliphatic carbocycles.